The molecule has 0 unspecified atom stereocenters. The minimum Gasteiger partial charge on any atom is -0.497 e. The van der Waals surface area contributed by atoms with Crippen LogP contribution in [-0.4, -0.2) is 38.0 Å². The number of nitrogens with one attached hydrogen (secondary N) is 2. The molecule has 2 N–H and O–H groups in total. The first-order chi connectivity index (χ1) is 13.0. The van der Waals surface area contributed by atoms with Gasteiger partial charge in [0.15, 0.2) is 5.11 Å². The maximum Gasteiger partial charge on any atom is 0.243 e. The molecule has 0 saturated carbocycles. The molecule has 2 aromatic rings. The van der Waals surface area contributed by atoms with Crippen molar-refractivity contribution in [1.82, 2.24) is 4.31 Å². The Kier molecular flexibility index (Phi) is 6.30. The first-order valence-corrected chi connectivity index (χ1v) is 10.7. The molecule has 0 radical (unpaired) electrons. The molecule has 0 amide bonds. The van der Waals surface area contributed by atoms with Crippen LogP contribution in [0.3, 0.4) is 0 Å². The fourth-order valence-electron chi connectivity index (χ4n) is 2.93. The Morgan fingerprint density at radius 3 is 1.96 bits per heavy atom. The molecule has 6 nitrogen and oxygen atoms in total. The normalized spacial score (nSPS) is 15.1. The summed E-state index contributed by atoms with van der Waals surface area (Å²) in [5.41, 5.74) is 1.55. The van der Waals surface area contributed by atoms with Crippen LogP contribution < -0.4 is 15.4 Å². The molecule has 144 valence electrons. The van der Waals surface area contributed by atoms with Gasteiger partial charge in [0.05, 0.1) is 12.0 Å². The third kappa shape index (κ3) is 4.97. The van der Waals surface area contributed by atoms with Gasteiger partial charge >= 0.3 is 0 Å². The van der Waals surface area contributed by atoms with E-state index < -0.39 is 10.0 Å². The molecule has 0 aromatic heterocycles. The van der Waals surface area contributed by atoms with Crippen molar-refractivity contribution in [3.63, 3.8) is 0 Å². The van der Waals surface area contributed by atoms with Crippen LogP contribution in [0.4, 0.5) is 11.4 Å². The maximum absolute atomic E-state index is 12.7. The Bertz CT molecular complexity index is 875. The average molecular weight is 406 g/mol. The summed E-state index contributed by atoms with van der Waals surface area (Å²) in [5, 5.41) is 6.56. The van der Waals surface area contributed by atoms with E-state index in [1.54, 1.807) is 35.7 Å². The SMILES string of the molecule is COc1ccc(NC(=S)Nc2ccc(S(=O)(=O)N3CCCCC3)cc2)cc1. The molecule has 8 heteroatoms. The van der Waals surface area contributed by atoms with E-state index in [2.05, 4.69) is 10.6 Å². The Labute approximate surface area is 165 Å². The summed E-state index contributed by atoms with van der Waals surface area (Å²) in [4.78, 5) is 0.309. The zero-order valence-corrected chi connectivity index (χ0v) is 16.8. The number of methoxy groups -OCH3 is 1. The number of hydrogen-bond acceptors (Lipinski definition) is 4. The van der Waals surface area contributed by atoms with Crippen molar-refractivity contribution in [1.29, 1.82) is 0 Å². The minimum atomic E-state index is -3.42. The van der Waals surface area contributed by atoms with E-state index in [4.69, 9.17) is 17.0 Å². The van der Waals surface area contributed by atoms with Crippen LogP contribution in [0.5, 0.6) is 5.75 Å². The van der Waals surface area contributed by atoms with Crippen molar-refractivity contribution in [3.8, 4) is 5.75 Å². The second kappa shape index (κ2) is 8.69. The second-order valence-corrected chi connectivity index (χ2v) is 8.64. The quantitative estimate of drug-likeness (QED) is 0.740. The van der Waals surface area contributed by atoms with Gasteiger partial charge in [-0.05, 0) is 73.6 Å². The van der Waals surface area contributed by atoms with Gasteiger partial charge in [-0.15, -0.1) is 0 Å². The number of anilines is 2. The van der Waals surface area contributed by atoms with E-state index in [-0.39, 0.29) is 0 Å². The molecule has 0 spiro atoms. The van der Waals surface area contributed by atoms with Crippen LogP contribution in [0.1, 0.15) is 19.3 Å². The van der Waals surface area contributed by atoms with Crippen molar-refractivity contribution in [2.24, 2.45) is 0 Å². The summed E-state index contributed by atoms with van der Waals surface area (Å²) < 4.78 is 32.0. The number of rotatable bonds is 5. The van der Waals surface area contributed by atoms with E-state index in [1.807, 2.05) is 24.3 Å². The molecule has 1 saturated heterocycles. The minimum absolute atomic E-state index is 0.309. The van der Waals surface area contributed by atoms with E-state index in [0.29, 0.717) is 23.1 Å². The second-order valence-electron chi connectivity index (χ2n) is 6.30. The van der Waals surface area contributed by atoms with E-state index in [1.165, 1.54) is 0 Å². The van der Waals surface area contributed by atoms with Crippen LogP contribution in [0.15, 0.2) is 53.4 Å². The van der Waals surface area contributed by atoms with Gasteiger partial charge in [0.1, 0.15) is 5.75 Å². The molecule has 3 rings (SSSR count). The van der Waals surface area contributed by atoms with Gasteiger partial charge in [-0.2, -0.15) is 4.31 Å². The highest BCUT2D eigenvalue weighted by Gasteiger charge is 2.25. The first-order valence-electron chi connectivity index (χ1n) is 8.81. The highest BCUT2D eigenvalue weighted by molar-refractivity contribution is 7.89. The molecular formula is C19H23N3O3S2. The number of nitrogens with zero attached hydrogens (tertiary/aromatic N) is 1. The molecule has 1 aliphatic heterocycles. The van der Waals surface area contributed by atoms with Gasteiger partial charge < -0.3 is 15.4 Å². The lowest BCUT2D eigenvalue weighted by atomic mass is 10.2. The van der Waals surface area contributed by atoms with Crippen molar-refractivity contribution in [3.05, 3.63) is 48.5 Å². The molecule has 0 aliphatic carbocycles. The monoisotopic (exact) mass is 405 g/mol. The third-order valence-electron chi connectivity index (χ3n) is 4.41. The summed E-state index contributed by atoms with van der Waals surface area (Å²) >= 11 is 5.31. The Morgan fingerprint density at radius 1 is 0.926 bits per heavy atom. The molecule has 1 fully saturated rings. The highest BCUT2D eigenvalue weighted by Crippen LogP contribution is 2.22. The lowest BCUT2D eigenvalue weighted by molar-refractivity contribution is 0.346. The Hall–Kier alpha value is -2.16. The number of benzene rings is 2. The largest absolute Gasteiger partial charge is 0.497 e. The fourth-order valence-corrected chi connectivity index (χ4v) is 4.69. The number of piperidine rings is 1. The van der Waals surface area contributed by atoms with Crippen molar-refractivity contribution >= 4 is 38.7 Å². The lowest BCUT2D eigenvalue weighted by Crippen LogP contribution is -2.35. The van der Waals surface area contributed by atoms with Crippen LogP contribution in [0.25, 0.3) is 0 Å². The predicted molar refractivity (Wildman–Crippen MR) is 112 cm³/mol. The Balaban J connectivity index is 1.61. The predicted octanol–water partition coefficient (Wildman–Crippen LogP) is 3.68. The van der Waals surface area contributed by atoms with Gasteiger partial charge in [0.25, 0.3) is 0 Å². The van der Waals surface area contributed by atoms with E-state index in [9.17, 15) is 8.42 Å². The fraction of sp³-hybridized carbons (Fsp3) is 0.316. The van der Waals surface area contributed by atoms with Gasteiger partial charge in [0.2, 0.25) is 10.0 Å². The summed E-state index contributed by atoms with van der Waals surface area (Å²) in [6.45, 7) is 1.19. The summed E-state index contributed by atoms with van der Waals surface area (Å²) in [6, 6.07) is 14.1. The Morgan fingerprint density at radius 2 is 1.44 bits per heavy atom. The highest BCUT2D eigenvalue weighted by atomic mass is 32.2. The van der Waals surface area contributed by atoms with Gasteiger partial charge in [0, 0.05) is 24.5 Å². The maximum atomic E-state index is 12.7. The van der Waals surface area contributed by atoms with Crippen molar-refractivity contribution in [2.75, 3.05) is 30.8 Å². The molecule has 27 heavy (non-hydrogen) atoms. The van der Waals surface area contributed by atoms with Crippen LogP contribution in [0, 0.1) is 0 Å². The number of sulfonamides is 1. The standard InChI is InChI=1S/C19H23N3O3S2/c1-25-17-9-5-15(6-10-17)20-19(26)21-16-7-11-18(12-8-16)27(23,24)22-13-3-2-4-14-22/h5-12H,2-4,13-14H2,1H3,(H2,20,21,26). The summed E-state index contributed by atoms with van der Waals surface area (Å²) in [6.07, 6.45) is 2.93. The third-order valence-corrected chi connectivity index (χ3v) is 6.53. The van der Waals surface area contributed by atoms with Gasteiger partial charge in [-0.1, -0.05) is 6.42 Å². The van der Waals surface area contributed by atoms with Gasteiger partial charge in [-0.25, -0.2) is 8.42 Å². The molecule has 0 bridgehead atoms. The van der Waals surface area contributed by atoms with E-state index >= 15 is 0 Å². The lowest BCUT2D eigenvalue weighted by Gasteiger charge is -2.25. The number of hydrogen-bond donors (Lipinski definition) is 2. The van der Waals surface area contributed by atoms with Crippen molar-refractivity contribution in [2.45, 2.75) is 24.2 Å². The van der Waals surface area contributed by atoms with Gasteiger partial charge in [-0.3, -0.25) is 0 Å². The smallest absolute Gasteiger partial charge is 0.243 e. The van der Waals surface area contributed by atoms with E-state index in [0.717, 1.165) is 36.4 Å². The zero-order valence-electron chi connectivity index (χ0n) is 15.1. The summed E-state index contributed by atoms with van der Waals surface area (Å²) in [5.74, 6) is 0.768. The molecule has 1 aliphatic rings. The number of ether oxygens (including phenoxy) is 1. The molecular weight excluding hydrogens is 382 g/mol. The van der Waals surface area contributed by atoms with Crippen LogP contribution in [-0.2, 0) is 10.0 Å². The van der Waals surface area contributed by atoms with Crippen molar-refractivity contribution < 1.29 is 13.2 Å². The number of thiocarbonyl (C=S) groups is 1. The summed E-state index contributed by atoms with van der Waals surface area (Å²) in [7, 11) is -1.80. The molecule has 1 heterocycles. The first kappa shape index (κ1) is 19.6. The molecule has 0 atom stereocenters. The average Bonchev–Trinajstić information content (AvgIpc) is 2.69. The molecule has 2 aromatic carbocycles. The topological polar surface area (TPSA) is 70.7 Å². The van der Waals surface area contributed by atoms with Crippen LogP contribution in [0.2, 0.25) is 0 Å². The zero-order chi connectivity index (χ0) is 19.3. The van der Waals surface area contributed by atoms with Crippen LogP contribution >= 0.6 is 12.2 Å².